The number of benzene rings is 1. The lowest BCUT2D eigenvalue weighted by Gasteiger charge is -2.15. The van der Waals surface area contributed by atoms with Crippen molar-refractivity contribution in [3.05, 3.63) is 29.8 Å². The van der Waals surface area contributed by atoms with E-state index >= 15 is 0 Å². The molecule has 0 bridgehead atoms. The number of unbranched alkanes of at least 4 members (excludes halogenated alkanes) is 1. The molecule has 4 heteroatoms. The number of carbonyl (C=O) groups excluding carboxylic acids is 2. The third-order valence-electron chi connectivity index (χ3n) is 3.57. The van der Waals surface area contributed by atoms with Crippen LogP contribution in [0.2, 0.25) is 0 Å². The first-order valence-corrected chi connectivity index (χ1v) is 7.40. The van der Waals surface area contributed by atoms with Crippen LogP contribution >= 0.6 is 0 Å². The predicted molar refractivity (Wildman–Crippen MR) is 79.7 cm³/mol. The van der Waals surface area contributed by atoms with E-state index in [0.29, 0.717) is 12.0 Å². The Morgan fingerprint density at radius 1 is 1.15 bits per heavy atom. The van der Waals surface area contributed by atoms with Gasteiger partial charge < -0.3 is 10.2 Å². The van der Waals surface area contributed by atoms with E-state index in [0.717, 1.165) is 44.5 Å². The summed E-state index contributed by atoms with van der Waals surface area (Å²) in [5.74, 6) is 0.122. The van der Waals surface area contributed by atoms with Crippen LogP contribution in [0.15, 0.2) is 24.3 Å². The lowest BCUT2D eigenvalue weighted by Crippen LogP contribution is -2.27. The number of anilines is 1. The Bertz CT molecular complexity index is 462. The van der Waals surface area contributed by atoms with Gasteiger partial charge in [0.1, 0.15) is 0 Å². The Kier molecular flexibility index (Phi) is 5.16. The number of carbonyl (C=O) groups is 2. The van der Waals surface area contributed by atoms with Gasteiger partial charge in [-0.3, -0.25) is 9.59 Å². The van der Waals surface area contributed by atoms with Gasteiger partial charge >= 0.3 is 0 Å². The van der Waals surface area contributed by atoms with E-state index < -0.39 is 0 Å². The third-order valence-corrected chi connectivity index (χ3v) is 3.57. The van der Waals surface area contributed by atoms with E-state index in [-0.39, 0.29) is 11.8 Å². The quantitative estimate of drug-likeness (QED) is 0.897. The average Bonchev–Trinajstić information content (AvgIpc) is 2.99. The first-order valence-electron chi connectivity index (χ1n) is 7.40. The molecule has 1 saturated heterocycles. The summed E-state index contributed by atoms with van der Waals surface area (Å²) < 4.78 is 0. The van der Waals surface area contributed by atoms with Gasteiger partial charge in [0.05, 0.1) is 0 Å². The van der Waals surface area contributed by atoms with Gasteiger partial charge in [-0.15, -0.1) is 0 Å². The predicted octanol–water partition coefficient (Wildman–Crippen LogP) is 3.05. The molecule has 0 aromatic heterocycles. The van der Waals surface area contributed by atoms with Gasteiger partial charge in [-0.05, 0) is 43.5 Å². The minimum Gasteiger partial charge on any atom is -0.339 e. The fourth-order valence-corrected chi connectivity index (χ4v) is 2.36. The van der Waals surface area contributed by atoms with Gasteiger partial charge in [0, 0.05) is 30.8 Å². The minimum absolute atomic E-state index is 0.0328. The molecule has 0 spiro atoms. The molecule has 2 amide bonds. The highest BCUT2D eigenvalue weighted by Crippen LogP contribution is 2.15. The number of hydrogen-bond donors (Lipinski definition) is 1. The maximum absolute atomic E-state index is 12.2. The van der Waals surface area contributed by atoms with Crippen LogP contribution in [-0.2, 0) is 4.79 Å². The zero-order chi connectivity index (χ0) is 14.4. The highest BCUT2D eigenvalue weighted by Gasteiger charge is 2.19. The molecule has 4 nitrogen and oxygen atoms in total. The molecular formula is C16H22N2O2. The minimum atomic E-state index is 0.0328. The maximum atomic E-state index is 12.2. The fourth-order valence-electron chi connectivity index (χ4n) is 2.36. The number of likely N-dealkylation sites (tertiary alicyclic amines) is 1. The zero-order valence-electron chi connectivity index (χ0n) is 12.0. The number of hydrogen-bond acceptors (Lipinski definition) is 2. The number of amides is 2. The van der Waals surface area contributed by atoms with Crippen molar-refractivity contribution in [3.63, 3.8) is 0 Å². The van der Waals surface area contributed by atoms with Gasteiger partial charge in [-0.2, -0.15) is 0 Å². The molecule has 0 radical (unpaired) electrons. The Balaban J connectivity index is 1.92. The lowest BCUT2D eigenvalue weighted by molar-refractivity contribution is -0.116. The van der Waals surface area contributed by atoms with E-state index in [9.17, 15) is 9.59 Å². The van der Waals surface area contributed by atoms with E-state index in [1.54, 1.807) is 24.3 Å². The van der Waals surface area contributed by atoms with Crippen molar-refractivity contribution >= 4 is 17.5 Å². The second-order valence-corrected chi connectivity index (χ2v) is 5.23. The van der Waals surface area contributed by atoms with Crippen LogP contribution < -0.4 is 5.32 Å². The molecule has 0 unspecified atom stereocenters. The van der Waals surface area contributed by atoms with Gasteiger partial charge in [-0.25, -0.2) is 0 Å². The van der Waals surface area contributed by atoms with E-state index in [1.807, 2.05) is 4.90 Å². The molecule has 1 aromatic carbocycles. The molecule has 1 aliphatic rings. The molecule has 108 valence electrons. The SMILES string of the molecule is CCCCC(=O)Nc1ccc(C(=O)N2CCCC2)cc1. The molecule has 20 heavy (non-hydrogen) atoms. The van der Waals surface area contributed by atoms with Gasteiger partial charge in [0.25, 0.3) is 5.91 Å². The topological polar surface area (TPSA) is 49.4 Å². The van der Waals surface area contributed by atoms with Crippen molar-refractivity contribution in [2.24, 2.45) is 0 Å². The summed E-state index contributed by atoms with van der Waals surface area (Å²) in [5.41, 5.74) is 1.45. The Hall–Kier alpha value is -1.84. The molecule has 1 N–H and O–H groups in total. The Labute approximate surface area is 120 Å². The van der Waals surface area contributed by atoms with Crippen LogP contribution in [0.1, 0.15) is 49.4 Å². The van der Waals surface area contributed by atoms with Crippen LogP contribution in [0.4, 0.5) is 5.69 Å². The van der Waals surface area contributed by atoms with Gasteiger partial charge in [0.2, 0.25) is 5.91 Å². The summed E-state index contributed by atoms with van der Waals surface area (Å²) in [4.78, 5) is 25.7. The molecule has 0 atom stereocenters. The van der Waals surface area contributed by atoms with Crippen LogP contribution in [0.25, 0.3) is 0 Å². The van der Waals surface area contributed by atoms with E-state index in [2.05, 4.69) is 12.2 Å². The molecule has 2 rings (SSSR count). The summed E-state index contributed by atoms with van der Waals surface area (Å²) >= 11 is 0. The monoisotopic (exact) mass is 274 g/mol. The second-order valence-electron chi connectivity index (χ2n) is 5.23. The molecule has 1 fully saturated rings. The smallest absolute Gasteiger partial charge is 0.253 e. The van der Waals surface area contributed by atoms with Crippen molar-refractivity contribution < 1.29 is 9.59 Å². The van der Waals surface area contributed by atoms with Crippen LogP contribution in [0.5, 0.6) is 0 Å². The Morgan fingerprint density at radius 2 is 1.80 bits per heavy atom. The normalized spacial score (nSPS) is 14.3. The molecular weight excluding hydrogens is 252 g/mol. The van der Waals surface area contributed by atoms with Crippen molar-refractivity contribution in [2.75, 3.05) is 18.4 Å². The summed E-state index contributed by atoms with van der Waals surface area (Å²) in [7, 11) is 0. The molecule has 0 aliphatic carbocycles. The van der Waals surface area contributed by atoms with Crippen LogP contribution in [0.3, 0.4) is 0 Å². The Morgan fingerprint density at radius 3 is 2.40 bits per heavy atom. The number of nitrogens with zero attached hydrogens (tertiary/aromatic N) is 1. The number of rotatable bonds is 5. The van der Waals surface area contributed by atoms with Crippen molar-refractivity contribution in [1.82, 2.24) is 4.90 Å². The van der Waals surface area contributed by atoms with Crippen LogP contribution in [0, 0.1) is 0 Å². The largest absolute Gasteiger partial charge is 0.339 e. The summed E-state index contributed by atoms with van der Waals surface area (Å²) in [6.07, 6.45) is 4.65. The summed E-state index contributed by atoms with van der Waals surface area (Å²) in [5, 5.41) is 2.85. The van der Waals surface area contributed by atoms with Crippen molar-refractivity contribution in [2.45, 2.75) is 39.0 Å². The average molecular weight is 274 g/mol. The highest BCUT2D eigenvalue weighted by atomic mass is 16.2. The first-order chi connectivity index (χ1) is 9.70. The molecule has 1 aliphatic heterocycles. The standard InChI is InChI=1S/C16H22N2O2/c1-2-3-6-15(19)17-14-9-7-13(8-10-14)16(20)18-11-4-5-12-18/h7-10H,2-6,11-12H2,1H3,(H,17,19). The van der Waals surface area contributed by atoms with E-state index in [4.69, 9.17) is 0 Å². The second kappa shape index (κ2) is 7.08. The van der Waals surface area contributed by atoms with Crippen molar-refractivity contribution in [1.29, 1.82) is 0 Å². The highest BCUT2D eigenvalue weighted by molar-refractivity contribution is 5.95. The van der Waals surface area contributed by atoms with E-state index in [1.165, 1.54) is 0 Å². The summed E-state index contributed by atoms with van der Waals surface area (Å²) in [6, 6.07) is 7.17. The lowest BCUT2D eigenvalue weighted by atomic mass is 10.1. The maximum Gasteiger partial charge on any atom is 0.253 e. The van der Waals surface area contributed by atoms with Gasteiger partial charge in [0.15, 0.2) is 0 Å². The fraction of sp³-hybridized carbons (Fsp3) is 0.500. The van der Waals surface area contributed by atoms with Crippen molar-refractivity contribution in [3.8, 4) is 0 Å². The number of nitrogens with one attached hydrogen (secondary N) is 1. The molecule has 1 aromatic rings. The first kappa shape index (κ1) is 14.6. The molecule has 1 heterocycles. The van der Waals surface area contributed by atoms with Crippen LogP contribution in [-0.4, -0.2) is 29.8 Å². The summed E-state index contributed by atoms with van der Waals surface area (Å²) in [6.45, 7) is 3.77. The van der Waals surface area contributed by atoms with Gasteiger partial charge in [-0.1, -0.05) is 13.3 Å². The zero-order valence-corrected chi connectivity index (χ0v) is 12.0. The molecule has 0 saturated carbocycles. The third kappa shape index (κ3) is 3.83.